The number of rotatable bonds is 3. The molecule has 1 N–H and O–H groups in total. The van der Waals surface area contributed by atoms with Crippen LogP contribution in [0.4, 0.5) is 5.69 Å². The summed E-state index contributed by atoms with van der Waals surface area (Å²) in [5, 5.41) is 7.20. The lowest BCUT2D eigenvalue weighted by Crippen LogP contribution is -1.94. The van der Waals surface area contributed by atoms with Gasteiger partial charge in [-0.05, 0) is 37.1 Å². The zero-order valence-corrected chi connectivity index (χ0v) is 10.5. The van der Waals surface area contributed by atoms with Crippen LogP contribution in [0.5, 0.6) is 0 Å². The van der Waals surface area contributed by atoms with Crippen molar-refractivity contribution in [1.82, 2.24) is 10.1 Å². The van der Waals surface area contributed by atoms with E-state index in [-0.39, 0.29) is 0 Å². The summed E-state index contributed by atoms with van der Waals surface area (Å²) < 4.78 is 5.36. The molecule has 0 unspecified atom stereocenters. The van der Waals surface area contributed by atoms with Crippen molar-refractivity contribution in [3.63, 3.8) is 0 Å². The molecule has 94 valence electrons. The molecule has 1 heterocycles. The Kier molecular flexibility index (Phi) is 3.00. The Labute approximate surface area is 106 Å². The molecule has 1 saturated carbocycles. The van der Waals surface area contributed by atoms with Crippen LogP contribution in [0.3, 0.4) is 0 Å². The van der Waals surface area contributed by atoms with Crippen molar-refractivity contribution in [1.29, 1.82) is 0 Å². The van der Waals surface area contributed by atoms with Gasteiger partial charge in [0, 0.05) is 24.2 Å². The SMILES string of the molecule is CNc1ccc(-c2nc(C3CCCC3)no2)cc1. The second kappa shape index (κ2) is 4.80. The van der Waals surface area contributed by atoms with Gasteiger partial charge in [-0.1, -0.05) is 18.0 Å². The largest absolute Gasteiger partial charge is 0.388 e. The van der Waals surface area contributed by atoms with Crippen molar-refractivity contribution in [2.75, 3.05) is 12.4 Å². The molecule has 1 aromatic carbocycles. The first-order valence-electron chi connectivity index (χ1n) is 6.48. The van der Waals surface area contributed by atoms with Gasteiger partial charge in [-0.2, -0.15) is 4.98 Å². The smallest absolute Gasteiger partial charge is 0.257 e. The van der Waals surface area contributed by atoms with Crippen molar-refractivity contribution < 1.29 is 4.52 Å². The number of aromatic nitrogens is 2. The van der Waals surface area contributed by atoms with Gasteiger partial charge < -0.3 is 9.84 Å². The standard InChI is InChI=1S/C14H17N3O/c1-15-12-8-6-11(7-9-12)14-16-13(17-18-14)10-4-2-3-5-10/h6-10,15H,2-5H2,1H3. The van der Waals surface area contributed by atoms with Crippen molar-refractivity contribution in [3.05, 3.63) is 30.1 Å². The highest BCUT2D eigenvalue weighted by Crippen LogP contribution is 2.33. The zero-order valence-electron chi connectivity index (χ0n) is 10.5. The van der Waals surface area contributed by atoms with Crippen LogP contribution in [0, 0.1) is 0 Å². The molecule has 1 aliphatic carbocycles. The van der Waals surface area contributed by atoms with Crippen LogP contribution in [0.1, 0.15) is 37.4 Å². The molecule has 2 aromatic rings. The average molecular weight is 243 g/mol. The molecule has 18 heavy (non-hydrogen) atoms. The molecular formula is C14H17N3O. The lowest BCUT2D eigenvalue weighted by Gasteiger charge is -2.00. The summed E-state index contributed by atoms with van der Waals surface area (Å²) >= 11 is 0. The molecule has 0 saturated heterocycles. The van der Waals surface area contributed by atoms with E-state index in [9.17, 15) is 0 Å². The second-order valence-corrected chi connectivity index (χ2v) is 4.77. The fraction of sp³-hybridized carbons (Fsp3) is 0.429. The topological polar surface area (TPSA) is 51.0 Å². The molecule has 4 nitrogen and oxygen atoms in total. The zero-order chi connectivity index (χ0) is 12.4. The third-order valence-corrected chi connectivity index (χ3v) is 3.58. The van der Waals surface area contributed by atoms with E-state index in [0.29, 0.717) is 11.8 Å². The van der Waals surface area contributed by atoms with Gasteiger partial charge in [0.15, 0.2) is 5.82 Å². The van der Waals surface area contributed by atoms with Crippen LogP contribution < -0.4 is 5.32 Å². The van der Waals surface area contributed by atoms with E-state index in [0.717, 1.165) is 17.1 Å². The van der Waals surface area contributed by atoms with Crippen LogP contribution in [-0.2, 0) is 0 Å². The summed E-state index contributed by atoms with van der Waals surface area (Å²) in [4.78, 5) is 4.52. The van der Waals surface area contributed by atoms with Crippen LogP contribution >= 0.6 is 0 Å². The molecule has 0 amide bonds. The van der Waals surface area contributed by atoms with Crippen LogP contribution in [0.25, 0.3) is 11.5 Å². The number of hydrogen-bond donors (Lipinski definition) is 1. The number of nitrogens with one attached hydrogen (secondary N) is 1. The fourth-order valence-corrected chi connectivity index (χ4v) is 2.48. The van der Waals surface area contributed by atoms with Crippen LogP contribution in [-0.4, -0.2) is 17.2 Å². The molecule has 0 aliphatic heterocycles. The lowest BCUT2D eigenvalue weighted by molar-refractivity contribution is 0.416. The summed E-state index contributed by atoms with van der Waals surface area (Å²) in [7, 11) is 1.90. The maximum Gasteiger partial charge on any atom is 0.257 e. The monoisotopic (exact) mass is 243 g/mol. The summed E-state index contributed by atoms with van der Waals surface area (Å²) in [6.45, 7) is 0. The van der Waals surface area contributed by atoms with E-state index in [1.54, 1.807) is 0 Å². The normalized spacial score (nSPS) is 16.1. The number of hydrogen-bond acceptors (Lipinski definition) is 4. The first kappa shape index (κ1) is 11.3. The highest BCUT2D eigenvalue weighted by Gasteiger charge is 2.22. The minimum atomic E-state index is 0.499. The fourth-order valence-electron chi connectivity index (χ4n) is 2.48. The summed E-state index contributed by atoms with van der Waals surface area (Å²) in [6.07, 6.45) is 4.95. The van der Waals surface area contributed by atoms with Gasteiger partial charge >= 0.3 is 0 Å². The molecular weight excluding hydrogens is 226 g/mol. The van der Waals surface area contributed by atoms with E-state index >= 15 is 0 Å². The maximum absolute atomic E-state index is 5.36. The Morgan fingerprint density at radius 3 is 2.56 bits per heavy atom. The van der Waals surface area contributed by atoms with E-state index in [4.69, 9.17) is 4.52 Å². The Morgan fingerprint density at radius 1 is 1.17 bits per heavy atom. The van der Waals surface area contributed by atoms with Gasteiger partial charge in [0.25, 0.3) is 5.89 Å². The molecule has 4 heteroatoms. The number of nitrogens with zero attached hydrogens (tertiary/aromatic N) is 2. The van der Waals surface area contributed by atoms with Gasteiger partial charge in [0.1, 0.15) is 0 Å². The van der Waals surface area contributed by atoms with E-state index in [1.807, 2.05) is 31.3 Å². The van der Waals surface area contributed by atoms with Crippen LogP contribution in [0.15, 0.2) is 28.8 Å². The minimum Gasteiger partial charge on any atom is -0.388 e. The number of benzene rings is 1. The Hall–Kier alpha value is -1.84. The van der Waals surface area contributed by atoms with Gasteiger partial charge in [-0.25, -0.2) is 0 Å². The Bertz CT molecular complexity index is 512. The third kappa shape index (κ3) is 2.10. The van der Waals surface area contributed by atoms with Gasteiger partial charge in [-0.15, -0.1) is 0 Å². The van der Waals surface area contributed by atoms with Crippen molar-refractivity contribution >= 4 is 5.69 Å². The molecule has 0 spiro atoms. The predicted molar refractivity (Wildman–Crippen MR) is 70.5 cm³/mol. The molecule has 1 aromatic heterocycles. The van der Waals surface area contributed by atoms with Crippen LogP contribution in [0.2, 0.25) is 0 Å². The third-order valence-electron chi connectivity index (χ3n) is 3.58. The Balaban J connectivity index is 1.82. The highest BCUT2D eigenvalue weighted by atomic mass is 16.5. The summed E-state index contributed by atoms with van der Waals surface area (Å²) in [6, 6.07) is 8.01. The quantitative estimate of drug-likeness (QED) is 0.897. The first-order chi connectivity index (χ1) is 8.86. The second-order valence-electron chi connectivity index (χ2n) is 4.77. The summed E-state index contributed by atoms with van der Waals surface area (Å²) in [5.74, 6) is 2.00. The van der Waals surface area contributed by atoms with Crippen molar-refractivity contribution in [3.8, 4) is 11.5 Å². The molecule has 0 bridgehead atoms. The van der Waals surface area contributed by atoms with E-state index < -0.39 is 0 Å². The highest BCUT2D eigenvalue weighted by molar-refractivity contribution is 5.58. The first-order valence-corrected chi connectivity index (χ1v) is 6.48. The molecule has 1 fully saturated rings. The summed E-state index contributed by atoms with van der Waals surface area (Å²) in [5.41, 5.74) is 2.06. The molecule has 1 aliphatic rings. The maximum atomic E-state index is 5.36. The van der Waals surface area contributed by atoms with Gasteiger partial charge in [0.2, 0.25) is 0 Å². The minimum absolute atomic E-state index is 0.499. The van der Waals surface area contributed by atoms with Crippen molar-refractivity contribution in [2.45, 2.75) is 31.6 Å². The van der Waals surface area contributed by atoms with Gasteiger partial charge in [-0.3, -0.25) is 0 Å². The van der Waals surface area contributed by atoms with Crippen molar-refractivity contribution in [2.24, 2.45) is 0 Å². The predicted octanol–water partition coefficient (Wildman–Crippen LogP) is 3.44. The lowest BCUT2D eigenvalue weighted by atomic mass is 10.1. The average Bonchev–Trinajstić information content (AvgIpc) is 3.09. The number of anilines is 1. The molecule has 0 atom stereocenters. The van der Waals surface area contributed by atoms with E-state index in [1.165, 1.54) is 25.7 Å². The molecule has 3 rings (SSSR count). The molecule has 0 radical (unpaired) electrons. The van der Waals surface area contributed by atoms with E-state index in [2.05, 4.69) is 15.5 Å². The Morgan fingerprint density at radius 2 is 1.89 bits per heavy atom. The van der Waals surface area contributed by atoms with Gasteiger partial charge in [0.05, 0.1) is 0 Å².